The Hall–Kier alpha value is -1.21. The Bertz CT molecular complexity index is 862. The Labute approximate surface area is 200 Å². The Morgan fingerprint density at radius 3 is 2.47 bits per heavy atom. The zero-order chi connectivity index (χ0) is 22.1. The van der Waals surface area contributed by atoms with E-state index >= 15 is 0 Å². The largest absolute Gasteiger partial charge is 0.354 e. The monoisotopic (exact) mass is 530 g/mol. The second kappa shape index (κ2) is 12.6. The van der Waals surface area contributed by atoms with E-state index in [1.54, 1.807) is 30.0 Å². The lowest BCUT2D eigenvalue weighted by molar-refractivity contribution is -0.138. The third kappa shape index (κ3) is 7.49. The summed E-state index contributed by atoms with van der Waals surface area (Å²) in [5.74, 6) is 0.480. The van der Waals surface area contributed by atoms with E-state index in [9.17, 15) is 9.59 Å². The Morgan fingerprint density at radius 2 is 1.83 bits per heavy atom. The molecule has 2 amide bonds. The Morgan fingerprint density at radius 1 is 1.17 bits per heavy atom. The summed E-state index contributed by atoms with van der Waals surface area (Å²) in [6.45, 7) is 4.69. The van der Waals surface area contributed by atoms with Crippen molar-refractivity contribution in [2.75, 3.05) is 12.3 Å². The van der Waals surface area contributed by atoms with Crippen LogP contribution in [0, 0.1) is 0 Å². The maximum Gasteiger partial charge on any atom is 0.242 e. The minimum Gasteiger partial charge on any atom is -0.354 e. The molecule has 1 N–H and O–H groups in total. The van der Waals surface area contributed by atoms with Crippen LogP contribution < -0.4 is 5.32 Å². The number of hydrogen-bond acceptors (Lipinski definition) is 3. The fourth-order valence-corrected chi connectivity index (χ4v) is 4.90. The summed E-state index contributed by atoms with van der Waals surface area (Å²) in [5, 5.41) is 4.05. The second-order valence-electron chi connectivity index (χ2n) is 6.81. The summed E-state index contributed by atoms with van der Waals surface area (Å²) in [6, 6.07) is 12.5. The molecule has 2 rings (SSSR count). The molecule has 0 spiro atoms. The third-order valence-electron chi connectivity index (χ3n) is 4.49. The van der Waals surface area contributed by atoms with Gasteiger partial charge in [-0.3, -0.25) is 9.59 Å². The molecule has 0 saturated heterocycles. The first-order valence-electron chi connectivity index (χ1n) is 9.65. The van der Waals surface area contributed by atoms with Gasteiger partial charge in [0.05, 0.1) is 5.75 Å². The van der Waals surface area contributed by atoms with Crippen LogP contribution in [0.3, 0.4) is 0 Å². The minimum atomic E-state index is -0.576. The zero-order valence-corrected chi connectivity index (χ0v) is 20.9. The fourth-order valence-electron chi connectivity index (χ4n) is 2.80. The van der Waals surface area contributed by atoms with E-state index in [4.69, 9.17) is 23.2 Å². The number of carbonyl (C=O) groups excluding carboxylic acids is 2. The minimum absolute atomic E-state index is 0.109. The molecule has 4 nitrogen and oxygen atoms in total. The van der Waals surface area contributed by atoms with Crippen molar-refractivity contribution in [2.24, 2.45) is 0 Å². The third-order valence-corrected chi connectivity index (χ3v) is 6.64. The molecule has 0 aliphatic rings. The summed E-state index contributed by atoms with van der Waals surface area (Å²) < 4.78 is 0.929. The molecule has 0 heterocycles. The number of thioether (sulfide) groups is 1. The van der Waals surface area contributed by atoms with Crippen molar-refractivity contribution in [1.29, 1.82) is 0 Å². The molecule has 2 aromatic carbocycles. The van der Waals surface area contributed by atoms with Crippen LogP contribution in [0.2, 0.25) is 10.0 Å². The first-order chi connectivity index (χ1) is 14.3. The van der Waals surface area contributed by atoms with E-state index in [1.807, 2.05) is 31.2 Å². The molecule has 0 saturated carbocycles. The summed E-state index contributed by atoms with van der Waals surface area (Å²) >= 11 is 17.3. The molecule has 8 heteroatoms. The predicted molar refractivity (Wildman–Crippen MR) is 130 cm³/mol. The van der Waals surface area contributed by atoms with Crippen LogP contribution in [-0.2, 0) is 21.9 Å². The molecule has 0 radical (unpaired) electrons. The van der Waals surface area contributed by atoms with Gasteiger partial charge >= 0.3 is 0 Å². The molecule has 162 valence electrons. The second-order valence-corrected chi connectivity index (χ2v) is 9.53. The van der Waals surface area contributed by atoms with Gasteiger partial charge in [-0.25, -0.2) is 0 Å². The van der Waals surface area contributed by atoms with Crippen LogP contribution in [0.15, 0.2) is 46.9 Å². The normalized spacial score (nSPS) is 11.8. The lowest BCUT2D eigenvalue weighted by Gasteiger charge is -2.29. The number of rotatable bonds is 10. The smallest absolute Gasteiger partial charge is 0.242 e. The van der Waals surface area contributed by atoms with Crippen LogP contribution >= 0.6 is 50.9 Å². The van der Waals surface area contributed by atoms with Gasteiger partial charge < -0.3 is 10.2 Å². The van der Waals surface area contributed by atoms with Crippen LogP contribution in [0.4, 0.5) is 0 Å². The molecule has 2 aromatic rings. The number of benzene rings is 2. The van der Waals surface area contributed by atoms with Crippen molar-refractivity contribution >= 4 is 62.7 Å². The molecule has 30 heavy (non-hydrogen) atoms. The van der Waals surface area contributed by atoms with Crippen LogP contribution in [0.25, 0.3) is 0 Å². The predicted octanol–water partition coefficient (Wildman–Crippen LogP) is 5.93. The van der Waals surface area contributed by atoms with Gasteiger partial charge in [0.15, 0.2) is 0 Å². The number of nitrogens with zero attached hydrogens (tertiary/aromatic N) is 1. The quantitative estimate of drug-likeness (QED) is 0.413. The van der Waals surface area contributed by atoms with Gasteiger partial charge in [0.25, 0.3) is 0 Å². The van der Waals surface area contributed by atoms with E-state index in [0.29, 0.717) is 28.9 Å². The van der Waals surface area contributed by atoms with E-state index < -0.39 is 6.04 Å². The highest BCUT2D eigenvalue weighted by atomic mass is 79.9. The van der Waals surface area contributed by atoms with E-state index in [-0.39, 0.29) is 17.6 Å². The molecular weight excluding hydrogens is 507 g/mol. The van der Waals surface area contributed by atoms with Crippen molar-refractivity contribution in [3.8, 4) is 0 Å². The van der Waals surface area contributed by atoms with Crippen LogP contribution in [0.5, 0.6) is 0 Å². The highest BCUT2D eigenvalue weighted by Gasteiger charge is 2.26. The van der Waals surface area contributed by atoms with Crippen molar-refractivity contribution in [3.63, 3.8) is 0 Å². The number of carbonyl (C=O) groups is 2. The Balaban J connectivity index is 2.09. The van der Waals surface area contributed by atoms with Gasteiger partial charge in [-0.05, 0) is 48.7 Å². The number of halogens is 3. The first-order valence-corrected chi connectivity index (χ1v) is 12.4. The maximum absolute atomic E-state index is 13.1. The highest BCUT2D eigenvalue weighted by molar-refractivity contribution is 9.10. The lowest BCUT2D eigenvalue weighted by Crippen LogP contribution is -2.48. The lowest BCUT2D eigenvalue weighted by atomic mass is 10.1. The van der Waals surface area contributed by atoms with Crippen molar-refractivity contribution in [3.05, 3.63) is 68.1 Å². The van der Waals surface area contributed by atoms with Gasteiger partial charge in [-0.2, -0.15) is 0 Å². The molecule has 0 aromatic heterocycles. The molecule has 1 atom stereocenters. The summed E-state index contributed by atoms with van der Waals surface area (Å²) in [4.78, 5) is 27.2. The standard InChI is InChI=1S/C22H25BrCl2N2O2S/c1-3-10-26-22(29)15(2)27(12-16-6-4-7-17(23)11-16)21(28)14-30-13-18-19(24)8-5-9-20(18)25/h4-9,11,15H,3,10,12-14H2,1-2H3,(H,26,29). The zero-order valence-electron chi connectivity index (χ0n) is 17.0. The molecular formula is C22H25BrCl2N2O2S. The maximum atomic E-state index is 13.1. The SMILES string of the molecule is CCCNC(=O)C(C)N(Cc1cccc(Br)c1)C(=O)CSCc1c(Cl)cccc1Cl. The van der Waals surface area contributed by atoms with E-state index in [2.05, 4.69) is 21.2 Å². The summed E-state index contributed by atoms with van der Waals surface area (Å²) in [5.41, 5.74) is 1.76. The number of amides is 2. The van der Waals surface area contributed by atoms with Crippen molar-refractivity contribution in [2.45, 2.75) is 38.6 Å². The van der Waals surface area contributed by atoms with E-state index in [0.717, 1.165) is 22.0 Å². The summed E-state index contributed by atoms with van der Waals surface area (Å²) in [7, 11) is 0. The molecule has 1 unspecified atom stereocenters. The average Bonchev–Trinajstić information content (AvgIpc) is 2.71. The first kappa shape index (κ1) is 25.1. The topological polar surface area (TPSA) is 49.4 Å². The molecule has 0 fully saturated rings. The van der Waals surface area contributed by atoms with Crippen LogP contribution in [-0.4, -0.2) is 35.1 Å². The van der Waals surface area contributed by atoms with Gasteiger partial charge in [-0.1, -0.05) is 64.3 Å². The van der Waals surface area contributed by atoms with Crippen LogP contribution in [0.1, 0.15) is 31.4 Å². The van der Waals surface area contributed by atoms with Gasteiger partial charge in [0.2, 0.25) is 11.8 Å². The van der Waals surface area contributed by atoms with Crippen molar-refractivity contribution < 1.29 is 9.59 Å². The highest BCUT2D eigenvalue weighted by Crippen LogP contribution is 2.28. The van der Waals surface area contributed by atoms with Gasteiger partial charge in [-0.15, -0.1) is 11.8 Å². The molecule has 0 aliphatic heterocycles. The Kier molecular flexibility index (Phi) is 10.5. The average molecular weight is 532 g/mol. The van der Waals surface area contributed by atoms with Gasteiger partial charge in [0.1, 0.15) is 6.04 Å². The van der Waals surface area contributed by atoms with Gasteiger partial charge in [0, 0.05) is 33.4 Å². The van der Waals surface area contributed by atoms with Crippen molar-refractivity contribution in [1.82, 2.24) is 10.2 Å². The number of hydrogen-bond donors (Lipinski definition) is 1. The molecule has 0 aliphatic carbocycles. The summed E-state index contributed by atoms with van der Waals surface area (Å²) in [6.07, 6.45) is 0.840. The number of nitrogens with one attached hydrogen (secondary N) is 1. The van der Waals surface area contributed by atoms with E-state index in [1.165, 1.54) is 11.8 Å². The fraction of sp³-hybridized carbons (Fsp3) is 0.364. The molecule has 0 bridgehead atoms.